The van der Waals surface area contributed by atoms with E-state index < -0.39 is 0 Å². The Labute approximate surface area is 114 Å². The van der Waals surface area contributed by atoms with Crippen molar-refractivity contribution in [3.63, 3.8) is 0 Å². The van der Waals surface area contributed by atoms with E-state index in [1.165, 1.54) is 0 Å². The van der Waals surface area contributed by atoms with E-state index in [-0.39, 0.29) is 28.0 Å². The maximum Gasteiger partial charge on any atom is 2.00 e. The van der Waals surface area contributed by atoms with Crippen LogP contribution in [0.25, 0.3) is 0 Å². The van der Waals surface area contributed by atoms with Crippen molar-refractivity contribution in [2.75, 3.05) is 0 Å². The zero-order valence-corrected chi connectivity index (χ0v) is 11.5. The molecule has 1 aromatic rings. The summed E-state index contributed by atoms with van der Waals surface area (Å²) < 4.78 is 0. The molecule has 0 heterocycles. The van der Waals surface area contributed by atoms with Gasteiger partial charge >= 0.3 is 16.5 Å². The second-order valence-electron chi connectivity index (χ2n) is 4.27. The third-order valence-electron chi connectivity index (χ3n) is 2.87. The minimum Gasteiger partial charge on any atom is -0.873 e. The van der Waals surface area contributed by atoms with Gasteiger partial charge in [0.25, 0.3) is 0 Å². The molecule has 0 unspecified atom stereocenters. The molecule has 0 N–H and O–H groups in total. The summed E-state index contributed by atoms with van der Waals surface area (Å²) in [6, 6.07) is 3.09. The van der Waals surface area contributed by atoms with Gasteiger partial charge in [-0.2, -0.15) is 0 Å². The van der Waals surface area contributed by atoms with Crippen LogP contribution < -0.4 is 10.2 Å². The molecule has 0 spiro atoms. The number of hydrogen-bond donors (Lipinski definition) is 0. The van der Waals surface area contributed by atoms with E-state index in [1.54, 1.807) is 12.1 Å². The van der Waals surface area contributed by atoms with Gasteiger partial charge in [-0.25, -0.2) is 0 Å². The number of benzene rings is 1. The molecule has 98 valence electrons. The van der Waals surface area contributed by atoms with Gasteiger partial charge in [-0.05, 0) is 36.8 Å². The third kappa shape index (κ3) is 4.99. The Hall–Kier alpha value is -0.686. The average Bonchev–Trinajstić information content (AvgIpc) is 2.28. The van der Waals surface area contributed by atoms with Crippen molar-refractivity contribution < 1.29 is 26.7 Å². The molecule has 0 amide bonds. The molecular weight excluding hydrogens is 259 g/mol. The van der Waals surface area contributed by atoms with Crippen molar-refractivity contribution in [1.82, 2.24) is 0 Å². The van der Waals surface area contributed by atoms with Crippen molar-refractivity contribution in [1.29, 1.82) is 0 Å². The first kappa shape index (κ1) is 16.3. The van der Waals surface area contributed by atoms with Gasteiger partial charge in [-0.3, -0.25) is 0 Å². The molecule has 2 nitrogen and oxygen atoms in total. The van der Waals surface area contributed by atoms with Gasteiger partial charge in [0, 0.05) is 0 Å². The zero-order valence-electron chi connectivity index (χ0n) is 10.5. The average molecular weight is 279 g/mol. The quantitative estimate of drug-likeness (QED) is 0.751. The van der Waals surface area contributed by atoms with Crippen LogP contribution in [0.15, 0.2) is 12.1 Å². The predicted octanol–water partition coefficient (Wildman–Crippen LogP) is 2.52. The van der Waals surface area contributed by atoms with E-state index in [0.29, 0.717) is 0 Å². The summed E-state index contributed by atoms with van der Waals surface area (Å²) >= 11 is 0. The Kier molecular flexibility index (Phi) is 8.07. The number of rotatable bonds is 6. The largest absolute Gasteiger partial charge is 2.00 e. The van der Waals surface area contributed by atoms with Crippen LogP contribution in [0.4, 0.5) is 0 Å². The Balaban J connectivity index is 0.00000256. The summed E-state index contributed by atoms with van der Waals surface area (Å²) in [4.78, 5) is 0. The Morgan fingerprint density at radius 3 is 1.47 bits per heavy atom. The number of aryl methyl sites for hydroxylation is 2. The predicted molar refractivity (Wildman–Crippen MR) is 62.6 cm³/mol. The SMILES string of the molecule is CCCCc1cc([O-])c([O-])cc1CCCC.[Ni+2]. The monoisotopic (exact) mass is 278 g/mol. The Bertz CT molecular complexity index is 304. The van der Waals surface area contributed by atoms with Crippen molar-refractivity contribution in [3.8, 4) is 11.5 Å². The third-order valence-corrected chi connectivity index (χ3v) is 2.87. The summed E-state index contributed by atoms with van der Waals surface area (Å²) in [7, 11) is 0. The van der Waals surface area contributed by atoms with E-state index in [0.717, 1.165) is 49.7 Å². The normalized spacial score (nSPS) is 10.0. The molecule has 0 bridgehead atoms. The van der Waals surface area contributed by atoms with Gasteiger partial charge in [0.15, 0.2) is 0 Å². The van der Waals surface area contributed by atoms with Crippen LogP contribution >= 0.6 is 0 Å². The van der Waals surface area contributed by atoms with Gasteiger partial charge in [0.2, 0.25) is 0 Å². The van der Waals surface area contributed by atoms with Crippen molar-refractivity contribution >= 4 is 0 Å². The standard InChI is InChI=1S/C14H22O2.Ni/c1-3-5-7-11-9-13(15)14(16)10-12(11)8-6-4-2;/h9-10,15-16H,3-8H2,1-2H3;/q;+2/p-2. The first-order valence-corrected chi connectivity index (χ1v) is 6.18. The van der Waals surface area contributed by atoms with Gasteiger partial charge in [-0.15, -0.1) is 11.5 Å². The minimum atomic E-state index is -0.355. The van der Waals surface area contributed by atoms with Crippen LogP contribution in [-0.2, 0) is 29.3 Å². The molecule has 0 radical (unpaired) electrons. The molecular formula is C14H20NiO2. The van der Waals surface area contributed by atoms with Crippen LogP contribution in [0.2, 0.25) is 0 Å². The van der Waals surface area contributed by atoms with Crippen LogP contribution in [0, 0.1) is 0 Å². The first-order chi connectivity index (χ1) is 7.69. The molecule has 1 rings (SSSR count). The fraction of sp³-hybridized carbons (Fsp3) is 0.571. The summed E-state index contributed by atoms with van der Waals surface area (Å²) in [6.07, 6.45) is 6.23. The van der Waals surface area contributed by atoms with Crippen LogP contribution in [0.3, 0.4) is 0 Å². The van der Waals surface area contributed by atoms with Crippen molar-refractivity contribution in [2.45, 2.75) is 52.4 Å². The van der Waals surface area contributed by atoms with E-state index in [9.17, 15) is 10.2 Å². The maximum atomic E-state index is 11.3. The molecule has 0 aliphatic heterocycles. The molecule has 1 aromatic carbocycles. The van der Waals surface area contributed by atoms with Crippen LogP contribution in [0.1, 0.15) is 50.7 Å². The molecule has 3 heteroatoms. The maximum absolute atomic E-state index is 11.3. The molecule has 0 aliphatic carbocycles. The summed E-state index contributed by atoms with van der Waals surface area (Å²) in [5, 5.41) is 22.6. The van der Waals surface area contributed by atoms with Crippen LogP contribution in [-0.4, -0.2) is 0 Å². The molecule has 0 fully saturated rings. The second-order valence-corrected chi connectivity index (χ2v) is 4.27. The number of unbranched alkanes of at least 4 members (excludes halogenated alkanes) is 2. The molecule has 0 saturated heterocycles. The molecule has 17 heavy (non-hydrogen) atoms. The Morgan fingerprint density at radius 1 is 0.824 bits per heavy atom. The molecule has 0 atom stereocenters. The van der Waals surface area contributed by atoms with Gasteiger partial charge in [-0.1, -0.05) is 38.8 Å². The summed E-state index contributed by atoms with van der Waals surface area (Å²) in [5.41, 5.74) is 2.17. The van der Waals surface area contributed by atoms with Crippen LogP contribution in [0.5, 0.6) is 11.5 Å². The fourth-order valence-electron chi connectivity index (χ4n) is 1.84. The smallest absolute Gasteiger partial charge is 0.873 e. The number of hydrogen-bond acceptors (Lipinski definition) is 2. The van der Waals surface area contributed by atoms with Crippen molar-refractivity contribution in [3.05, 3.63) is 23.3 Å². The molecule has 0 aromatic heterocycles. The Morgan fingerprint density at radius 2 is 1.18 bits per heavy atom. The second kappa shape index (κ2) is 8.41. The topological polar surface area (TPSA) is 46.1 Å². The van der Waals surface area contributed by atoms with Crippen molar-refractivity contribution in [2.24, 2.45) is 0 Å². The van der Waals surface area contributed by atoms with Gasteiger partial charge in [0.1, 0.15) is 0 Å². The van der Waals surface area contributed by atoms with E-state index in [1.807, 2.05) is 0 Å². The van der Waals surface area contributed by atoms with E-state index >= 15 is 0 Å². The van der Waals surface area contributed by atoms with E-state index in [4.69, 9.17) is 0 Å². The van der Waals surface area contributed by atoms with E-state index in [2.05, 4.69) is 13.8 Å². The van der Waals surface area contributed by atoms with Gasteiger partial charge in [0.05, 0.1) is 0 Å². The minimum absolute atomic E-state index is 0. The molecule has 0 aliphatic rings. The first-order valence-electron chi connectivity index (χ1n) is 6.18. The summed E-state index contributed by atoms with van der Waals surface area (Å²) in [5.74, 6) is -0.710. The molecule has 0 saturated carbocycles. The zero-order chi connectivity index (χ0) is 12.0. The fourth-order valence-corrected chi connectivity index (χ4v) is 1.84. The summed E-state index contributed by atoms with van der Waals surface area (Å²) in [6.45, 7) is 4.26. The van der Waals surface area contributed by atoms with Gasteiger partial charge < -0.3 is 10.2 Å².